The maximum absolute atomic E-state index is 13.4. The van der Waals surface area contributed by atoms with E-state index in [0.29, 0.717) is 24.3 Å². The number of para-hydroxylation sites is 1. The van der Waals surface area contributed by atoms with Crippen molar-refractivity contribution < 1.29 is 9.72 Å². The molecule has 3 aliphatic rings. The Hall–Kier alpha value is -4.33. The van der Waals surface area contributed by atoms with Crippen LogP contribution in [0.5, 0.6) is 0 Å². The van der Waals surface area contributed by atoms with E-state index in [1.807, 2.05) is 6.07 Å². The molecule has 1 aromatic heterocycles. The van der Waals surface area contributed by atoms with Gasteiger partial charge in [-0.25, -0.2) is 4.98 Å². The van der Waals surface area contributed by atoms with Crippen molar-refractivity contribution in [1.82, 2.24) is 10.3 Å². The zero-order valence-corrected chi connectivity index (χ0v) is 14.9. The number of pyridine rings is 1. The number of nitriles is 1. The number of rotatable bonds is 1. The first-order valence-electron chi connectivity index (χ1n) is 8.74. The molecule has 1 atom stereocenters. The Balaban J connectivity index is 2.02. The lowest BCUT2D eigenvalue weighted by Crippen LogP contribution is -2.48. The van der Waals surface area contributed by atoms with Crippen LogP contribution in [-0.2, 0) is 10.2 Å². The first-order chi connectivity index (χ1) is 13.9. The molecule has 29 heavy (non-hydrogen) atoms. The summed E-state index contributed by atoms with van der Waals surface area (Å²) < 4.78 is 0. The third-order valence-corrected chi connectivity index (χ3v) is 5.57. The zero-order chi connectivity index (χ0) is 20.5. The summed E-state index contributed by atoms with van der Waals surface area (Å²) in [7, 11) is 0. The fourth-order valence-electron chi connectivity index (χ4n) is 4.47. The van der Waals surface area contributed by atoms with Gasteiger partial charge in [-0.3, -0.25) is 14.9 Å². The van der Waals surface area contributed by atoms with Crippen LogP contribution in [0.25, 0.3) is 0 Å². The third kappa shape index (κ3) is 1.80. The molecular weight excluding hydrogens is 376 g/mol. The number of amides is 1. The van der Waals surface area contributed by atoms with Gasteiger partial charge in [0.05, 0.1) is 16.2 Å². The van der Waals surface area contributed by atoms with Crippen LogP contribution in [0, 0.1) is 21.4 Å². The number of hydrogen-bond donors (Lipinski definition) is 4. The summed E-state index contributed by atoms with van der Waals surface area (Å²) in [4.78, 5) is 31.1. The molecule has 144 valence electrons. The highest BCUT2D eigenvalue weighted by molar-refractivity contribution is 6.13. The van der Waals surface area contributed by atoms with Crippen molar-refractivity contribution in [3.63, 3.8) is 0 Å². The average molecular weight is 390 g/mol. The maximum Gasteiger partial charge on any atom is 0.311 e. The van der Waals surface area contributed by atoms with Gasteiger partial charge in [0.1, 0.15) is 23.3 Å². The summed E-state index contributed by atoms with van der Waals surface area (Å²) in [5, 5.41) is 27.6. The van der Waals surface area contributed by atoms with Crippen LogP contribution in [0.2, 0.25) is 0 Å². The van der Waals surface area contributed by atoms with E-state index in [0.717, 1.165) is 0 Å². The smallest absolute Gasteiger partial charge is 0.311 e. The first kappa shape index (κ1) is 16.8. The van der Waals surface area contributed by atoms with Crippen molar-refractivity contribution in [2.45, 2.75) is 5.41 Å². The molecule has 0 saturated carbocycles. The highest BCUT2D eigenvalue weighted by atomic mass is 16.6. The molecule has 1 amide bonds. The SMILES string of the molecule is N#Cc1c(N)nc2c(c1N)C1(C(=O)Nc3ccccc31)C([N+](=O)[O-])=C1NCCN12. The molecule has 5 rings (SSSR count). The number of aromatic nitrogens is 1. The fourth-order valence-corrected chi connectivity index (χ4v) is 4.47. The second-order valence-electron chi connectivity index (χ2n) is 6.88. The van der Waals surface area contributed by atoms with E-state index in [1.165, 1.54) is 0 Å². The summed E-state index contributed by atoms with van der Waals surface area (Å²) in [6.07, 6.45) is 0. The summed E-state index contributed by atoms with van der Waals surface area (Å²) in [6, 6.07) is 8.59. The first-order valence-corrected chi connectivity index (χ1v) is 8.74. The van der Waals surface area contributed by atoms with Gasteiger partial charge in [0.2, 0.25) is 5.41 Å². The van der Waals surface area contributed by atoms with Gasteiger partial charge in [-0.15, -0.1) is 0 Å². The molecule has 0 aliphatic carbocycles. The lowest BCUT2D eigenvalue weighted by molar-refractivity contribution is -0.434. The molecule has 3 aliphatic heterocycles. The van der Waals surface area contributed by atoms with Crippen molar-refractivity contribution in [3.05, 3.63) is 62.6 Å². The quantitative estimate of drug-likeness (QED) is 0.392. The highest BCUT2D eigenvalue weighted by Crippen LogP contribution is 2.56. The number of nitrogens with one attached hydrogen (secondary N) is 2. The largest absolute Gasteiger partial charge is 0.397 e. The minimum Gasteiger partial charge on any atom is -0.397 e. The normalized spacial score (nSPS) is 21.2. The number of anilines is 4. The number of nitro groups is 1. The molecule has 1 saturated heterocycles. The van der Waals surface area contributed by atoms with E-state index in [1.54, 1.807) is 29.2 Å². The number of carbonyl (C=O) groups is 1. The molecule has 1 fully saturated rings. The number of nitrogens with two attached hydrogens (primary N) is 2. The number of fused-ring (bicyclic) bond motifs is 6. The topological polar surface area (TPSA) is 176 Å². The number of carbonyl (C=O) groups excluding carboxylic acids is 1. The molecule has 1 unspecified atom stereocenters. The summed E-state index contributed by atoms with van der Waals surface area (Å²) in [5.41, 5.74) is 10.7. The Morgan fingerprint density at radius 2 is 2.10 bits per heavy atom. The second kappa shape index (κ2) is 5.35. The Bertz CT molecular complexity index is 1210. The van der Waals surface area contributed by atoms with Crippen LogP contribution in [-0.4, -0.2) is 28.9 Å². The molecule has 1 spiro atoms. The molecule has 11 nitrogen and oxygen atoms in total. The van der Waals surface area contributed by atoms with Crippen LogP contribution in [0.15, 0.2) is 35.8 Å². The van der Waals surface area contributed by atoms with E-state index in [4.69, 9.17) is 11.5 Å². The van der Waals surface area contributed by atoms with Gasteiger partial charge in [0, 0.05) is 24.3 Å². The van der Waals surface area contributed by atoms with Crippen LogP contribution in [0.1, 0.15) is 16.7 Å². The molecule has 0 radical (unpaired) electrons. The molecule has 1 aromatic carbocycles. The van der Waals surface area contributed by atoms with E-state index in [9.17, 15) is 20.2 Å². The van der Waals surface area contributed by atoms with Crippen molar-refractivity contribution in [2.24, 2.45) is 0 Å². The van der Waals surface area contributed by atoms with Crippen LogP contribution in [0.4, 0.5) is 23.0 Å². The van der Waals surface area contributed by atoms with Gasteiger partial charge in [0.15, 0.2) is 5.82 Å². The standard InChI is InChI=1S/C18H14N8O3/c19-7-8-12(20)11-15(24-14(8)21)25-6-5-22-16(25)13(26(28)29)18(11)9-3-1-2-4-10(9)23-17(18)27/h1-4,22H,5-6H2,(H,23,27)(H4,20,21,24). The fraction of sp³-hybridized carbons (Fsp3) is 0.167. The predicted molar refractivity (Wildman–Crippen MR) is 103 cm³/mol. The van der Waals surface area contributed by atoms with Crippen molar-refractivity contribution in [2.75, 3.05) is 34.8 Å². The Morgan fingerprint density at radius 1 is 1.34 bits per heavy atom. The second-order valence-corrected chi connectivity index (χ2v) is 6.88. The third-order valence-electron chi connectivity index (χ3n) is 5.57. The summed E-state index contributed by atoms with van der Waals surface area (Å²) in [6.45, 7) is 0.781. The number of hydrogen-bond acceptors (Lipinski definition) is 9. The predicted octanol–water partition coefficient (Wildman–Crippen LogP) is 0.225. The van der Waals surface area contributed by atoms with Gasteiger partial charge >= 0.3 is 5.70 Å². The minimum atomic E-state index is -1.87. The van der Waals surface area contributed by atoms with Crippen LogP contribution < -0.4 is 27.0 Å². The number of benzene rings is 1. The van der Waals surface area contributed by atoms with Crippen LogP contribution >= 0.6 is 0 Å². The van der Waals surface area contributed by atoms with Gasteiger partial charge in [-0.2, -0.15) is 5.26 Å². The van der Waals surface area contributed by atoms with Gasteiger partial charge in [0.25, 0.3) is 5.91 Å². The van der Waals surface area contributed by atoms with Gasteiger partial charge in [-0.1, -0.05) is 18.2 Å². The molecule has 6 N–H and O–H groups in total. The Labute approximate surface area is 163 Å². The summed E-state index contributed by atoms with van der Waals surface area (Å²) >= 11 is 0. The van der Waals surface area contributed by atoms with Crippen LogP contribution in [0.3, 0.4) is 0 Å². The van der Waals surface area contributed by atoms with Gasteiger partial charge < -0.3 is 27.0 Å². The molecule has 11 heteroatoms. The van der Waals surface area contributed by atoms with E-state index >= 15 is 0 Å². The average Bonchev–Trinajstić information content (AvgIpc) is 3.26. The molecular formula is C18H14N8O3. The Kier molecular flexibility index (Phi) is 3.10. The zero-order valence-electron chi connectivity index (χ0n) is 14.9. The van der Waals surface area contributed by atoms with E-state index in [2.05, 4.69) is 15.6 Å². The van der Waals surface area contributed by atoms with E-state index in [-0.39, 0.29) is 40.0 Å². The summed E-state index contributed by atoms with van der Waals surface area (Å²) in [5.74, 6) is -0.321. The lowest BCUT2D eigenvalue weighted by Gasteiger charge is -2.36. The monoisotopic (exact) mass is 390 g/mol. The molecule has 4 heterocycles. The number of nitrogens with zero attached hydrogens (tertiary/aromatic N) is 4. The van der Waals surface area contributed by atoms with Crippen molar-refractivity contribution in [3.8, 4) is 6.07 Å². The van der Waals surface area contributed by atoms with Gasteiger partial charge in [-0.05, 0) is 6.07 Å². The Morgan fingerprint density at radius 3 is 2.83 bits per heavy atom. The van der Waals surface area contributed by atoms with Crippen molar-refractivity contribution in [1.29, 1.82) is 5.26 Å². The van der Waals surface area contributed by atoms with E-state index < -0.39 is 16.2 Å². The minimum absolute atomic E-state index is 0.0906. The molecule has 0 bridgehead atoms. The van der Waals surface area contributed by atoms with Crippen molar-refractivity contribution >= 4 is 28.9 Å². The molecule has 2 aromatic rings. The lowest BCUT2D eigenvalue weighted by atomic mass is 9.70. The highest BCUT2D eigenvalue weighted by Gasteiger charge is 2.64. The number of nitrogen functional groups attached to an aromatic ring is 2. The maximum atomic E-state index is 13.4.